The molecule has 11 heteroatoms. The Bertz CT molecular complexity index is 1560. The topological polar surface area (TPSA) is 118 Å². The normalized spacial score (nSPS) is 18.9. The number of pyridine rings is 2. The predicted octanol–water partition coefficient (Wildman–Crippen LogP) is 4.21. The van der Waals surface area contributed by atoms with Crippen molar-refractivity contribution in [3.63, 3.8) is 0 Å². The Balaban J connectivity index is 1.00. The molecule has 1 aromatic carbocycles. The number of carbonyl (C=O) groups is 2. The van der Waals surface area contributed by atoms with Gasteiger partial charge < -0.3 is 25.2 Å². The van der Waals surface area contributed by atoms with E-state index in [2.05, 4.69) is 38.6 Å². The van der Waals surface area contributed by atoms with E-state index in [4.69, 9.17) is 14.7 Å². The molecule has 2 N–H and O–H groups in total. The summed E-state index contributed by atoms with van der Waals surface area (Å²) in [5.74, 6) is 1.71. The zero-order chi connectivity index (χ0) is 31.0. The van der Waals surface area contributed by atoms with Crippen LogP contribution in [0.3, 0.4) is 0 Å². The van der Waals surface area contributed by atoms with Gasteiger partial charge in [0.15, 0.2) is 0 Å². The fourth-order valence-electron chi connectivity index (χ4n) is 6.19. The van der Waals surface area contributed by atoms with Gasteiger partial charge in [-0.3, -0.25) is 9.48 Å². The molecule has 2 aliphatic rings. The number of carbonyl (C=O) groups excluding carboxylic acids is 2. The molecule has 1 saturated carbocycles. The van der Waals surface area contributed by atoms with Gasteiger partial charge in [-0.2, -0.15) is 5.10 Å². The largest absolute Gasteiger partial charge is 0.448 e. The van der Waals surface area contributed by atoms with Crippen molar-refractivity contribution in [2.45, 2.75) is 32.2 Å². The monoisotopic (exact) mass is 610 g/mol. The molecular formula is C34H42N8O3. The molecule has 45 heavy (non-hydrogen) atoms. The lowest BCUT2D eigenvalue weighted by Crippen LogP contribution is -2.44. The summed E-state index contributed by atoms with van der Waals surface area (Å²) in [6, 6.07) is 15.6. The second-order valence-corrected chi connectivity index (χ2v) is 12.2. The Morgan fingerprint density at radius 2 is 1.69 bits per heavy atom. The maximum atomic E-state index is 13.5. The maximum absolute atomic E-state index is 13.5. The van der Waals surface area contributed by atoms with Crippen molar-refractivity contribution in [1.29, 1.82) is 0 Å². The molecule has 0 spiro atoms. The van der Waals surface area contributed by atoms with Crippen LogP contribution in [-0.2, 0) is 11.3 Å². The van der Waals surface area contributed by atoms with Gasteiger partial charge >= 0.3 is 6.09 Å². The first-order valence-corrected chi connectivity index (χ1v) is 16.0. The van der Waals surface area contributed by atoms with Gasteiger partial charge in [-0.05, 0) is 74.9 Å². The van der Waals surface area contributed by atoms with Gasteiger partial charge in [0.05, 0.1) is 23.3 Å². The molecule has 236 valence electrons. The van der Waals surface area contributed by atoms with Crippen molar-refractivity contribution < 1.29 is 14.3 Å². The van der Waals surface area contributed by atoms with E-state index < -0.39 is 0 Å². The first kappa shape index (κ1) is 30.5. The number of hydrogen-bond donors (Lipinski definition) is 2. The Hall–Kier alpha value is -4.51. The standard InChI is InChI=1S/C34H42N8O3/c1-40-15-17-41(18-16-40)32-12-11-27(24-35-32)31-21-29(28-5-2-3-6-30(28)39-31)33(43)36-22-25-7-9-26(10-8-25)23-37-34(44)45-20-19-42-14-4-13-38-42/h2-6,11-14,21,24-26H,7-10,15-20,22-23H2,1H3,(H,36,43)(H,37,44). The van der Waals surface area contributed by atoms with Crippen LogP contribution >= 0.6 is 0 Å². The molecule has 1 aliphatic carbocycles. The fourth-order valence-corrected chi connectivity index (χ4v) is 6.19. The van der Waals surface area contributed by atoms with Crippen molar-refractivity contribution in [2.24, 2.45) is 11.8 Å². The molecule has 0 atom stereocenters. The summed E-state index contributed by atoms with van der Waals surface area (Å²) in [6.45, 7) is 6.03. The summed E-state index contributed by atoms with van der Waals surface area (Å²) in [5.41, 5.74) is 3.05. The number of ether oxygens (including phenoxy) is 1. The Morgan fingerprint density at radius 3 is 2.40 bits per heavy atom. The molecule has 3 aromatic heterocycles. The molecule has 2 amide bonds. The average molecular weight is 611 g/mol. The van der Waals surface area contributed by atoms with Crippen LogP contribution in [0.15, 0.2) is 67.1 Å². The number of benzene rings is 1. The Kier molecular flexibility index (Phi) is 9.84. The van der Waals surface area contributed by atoms with Crippen molar-refractivity contribution >= 4 is 28.7 Å². The number of anilines is 1. The molecule has 0 radical (unpaired) electrons. The number of hydrogen-bond acceptors (Lipinski definition) is 8. The molecular weight excluding hydrogens is 568 g/mol. The van der Waals surface area contributed by atoms with E-state index in [1.165, 1.54) is 0 Å². The van der Waals surface area contributed by atoms with E-state index in [0.29, 0.717) is 37.0 Å². The van der Waals surface area contributed by atoms with Gasteiger partial charge in [-0.25, -0.2) is 14.8 Å². The summed E-state index contributed by atoms with van der Waals surface area (Å²) in [7, 11) is 2.14. The number of likely N-dealkylation sites (N-methyl/N-ethyl adjacent to an activating group) is 1. The molecule has 4 heterocycles. The van der Waals surface area contributed by atoms with Gasteiger partial charge in [-0.15, -0.1) is 0 Å². The summed E-state index contributed by atoms with van der Waals surface area (Å²) in [6.07, 6.45) is 9.05. The van der Waals surface area contributed by atoms with Crippen LogP contribution < -0.4 is 15.5 Å². The summed E-state index contributed by atoms with van der Waals surface area (Å²) in [4.78, 5) is 39.9. The van der Waals surface area contributed by atoms with Crippen LogP contribution in [0.25, 0.3) is 22.2 Å². The first-order valence-electron chi connectivity index (χ1n) is 16.0. The minimum atomic E-state index is -0.387. The fraction of sp³-hybridized carbons (Fsp3) is 0.441. The number of fused-ring (bicyclic) bond motifs is 1. The molecule has 0 unspecified atom stereocenters. The molecule has 11 nitrogen and oxygen atoms in total. The molecule has 2 fully saturated rings. The third kappa shape index (κ3) is 7.96. The van der Waals surface area contributed by atoms with Crippen LogP contribution in [0.1, 0.15) is 36.0 Å². The molecule has 1 aliphatic heterocycles. The molecule has 0 bridgehead atoms. The van der Waals surface area contributed by atoms with Crippen LogP contribution in [0.4, 0.5) is 10.6 Å². The van der Waals surface area contributed by atoms with E-state index in [-0.39, 0.29) is 18.6 Å². The highest BCUT2D eigenvalue weighted by atomic mass is 16.5. The molecule has 6 rings (SSSR count). The number of piperazine rings is 1. The van der Waals surface area contributed by atoms with E-state index in [1.807, 2.05) is 54.9 Å². The quantitative estimate of drug-likeness (QED) is 0.274. The Morgan fingerprint density at radius 1 is 0.933 bits per heavy atom. The summed E-state index contributed by atoms with van der Waals surface area (Å²) >= 11 is 0. The van der Waals surface area contributed by atoms with E-state index in [9.17, 15) is 9.59 Å². The Labute approximate surface area is 264 Å². The van der Waals surface area contributed by atoms with E-state index in [1.54, 1.807) is 10.9 Å². The van der Waals surface area contributed by atoms with Crippen LogP contribution in [0, 0.1) is 11.8 Å². The van der Waals surface area contributed by atoms with Gasteiger partial charge in [0.2, 0.25) is 0 Å². The summed E-state index contributed by atoms with van der Waals surface area (Å²) < 4.78 is 7.00. The number of para-hydroxylation sites is 1. The second-order valence-electron chi connectivity index (χ2n) is 12.2. The highest BCUT2D eigenvalue weighted by Crippen LogP contribution is 2.29. The number of rotatable bonds is 10. The number of aromatic nitrogens is 4. The lowest BCUT2D eigenvalue weighted by molar-refractivity contribution is 0.0942. The average Bonchev–Trinajstić information content (AvgIpc) is 3.60. The number of amides is 2. The van der Waals surface area contributed by atoms with Crippen LogP contribution in [0.5, 0.6) is 0 Å². The summed E-state index contributed by atoms with van der Waals surface area (Å²) in [5, 5.41) is 11.0. The third-order valence-electron chi connectivity index (χ3n) is 9.00. The SMILES string of the molecule is CN1CCN(c2ccc(-c3cc(C(=O)NCC4CCC(CNC(=O)OCCn5cccn5)CC4)c4ccccc4n3)cn2)CC1. The lowest BCUT2D eigenvalue weighted by Gasteiger charge is -2.33. The van der Waals surface area contributed by atoms with Gasteiger partial charge in [0.1, 0.15) is 12.4 Å². The number of alkyl carbamates (subject to hydrolysis) is 1. The predicted molar refractivity (Wildman–Crippen MR) is 174 cm³/mol. The maximum Gasteiger partial charge on any atom is 0.407 e. The number of nitrogens with zero attached hydrogens (tertiary/aromatic N) is 6. The number of nitrogens with one attached hydrogen (secondary N) is 2. The highest BCUT2D eigenvalue weighted by Gasteiger charge is 2.23. The van der Waals surface area contributed by atoms with Gasteiger partial charge in [-0.1, -0.05) is 18.2 Å². The minimum Gasteiger partial charge on any atom is -0.448 e. The minimum absolute atomic E-state index is 0.0847. The smallest absolute Gasteiger partial charge is 0.407 e. The van der Waals surface area contributed by atoms with E-state index in [0.717, 1.165) is 79.8 Å². The zero-order valence-corrected chi connectivity index (χ0v) is 25.9. The van der Waals surface area contributed by atoms with Crippen molar-refractivity contribution in [2.75, 3.05) is 57.8 Å². The van der Waals surface area contributed by atoms with Crippen molar-refractivity contribution in [3.8, 4) is 11.3 Å². The van der Waals surface area contributed by atoms with Gasteiger partial charge in [0, 0.05) is 68.8 Å². The second kappa shape index (κ2) is 14.5. The van der Waals surface area contributed by atoms with Crippen LogP contribution in [0.2, 0.25) is 0 Å². The van der Waals surface area contributed by atoms with Crippen LogP contribution in [-0.4, -0.2) is 89.6 Å². The molecule has 1 saturated heterocycles. The first-order chi connectivity index (χ1) is 22.0. The van der Waals surface area contributed by atoms with Crippen molar-refractivity contribution in [3.05, 3.63) is 72.7 Å². The zero-order valence-electron chi connectivity index (χ0n) is 25.9. The van der Waals surface area contributed by atoms with Crippen molar-refractivity contribution in [1.82, 2.24) is 35.3 Å². The van der Waals surface area contributed by atoms with E-state index >= 15 is 0 Å². The molecule has 4 aromatic rings. The lowest BCUT2D eigenvalue weighted by atomic mass is 9.82. The van der Waals surface area contributed by atoms with Gasteiger partial charge in [0.25, 0.3) is 5.91 Å². The third-order valence-corrected chi connectivity index (χ3v) is 9.00. The highest BCUT2D eigenvalue weighted by molar-refractivity contribution is 6.07.